The molecule has 3 nitrogen and oxygen atoms in total. The Labute approximate surface area is 93.5 Å². The van der Waals surface area contributed by atoms with Crippen LogP contribution in [0.15, 0.2) is 0 Å². The summed E-state index contributed by atoms with van der Waals surface area (Å²) in [5.74, 6) is -0.706. The van der Waals surface area contributed by atoms with Gasteiger partial charge in [0.05, 0.1) is 6.54 Å². The Morgan fingerprint density at radius 2 is 1.47 bits per heavy atom. The van der Waals surface area contributed by atoms with Gasteiger partial charge in [0.2, 0.25) is 0 Å². The van der Waals surface area contributed by atoms with E-state index in [1.54, 1.807) is 0 Å². The third-order valence-corrected chi connectivity index (χ3v) is 2.51. The van der Waals surface area contributed by atoms with Crippen molar-refractivity contribution in [3.8, 4) is 0 Å². The zero-order valence-electron chi connectivity index (χ0n) is 10.2. The minimum Gasteiger partial charge on any atom is -0.480 e. The Hall–Kier alpha value is -0.570. The number of unbranched alkanes of at least 4 members (excludes halogenated alkanes) is 4. The van der Waals surface area contributed by atoms with E-state index in [2.05, 4.69) is 18.7 Å². The highest BCUT2D eigenvalue weighted by molar-refractivity contribution is 5.69. The summed E-state index contributed by atoms with van der Waals surface area (Å²) in [6, 6.07) is 0. The summed E-state index contributed by atoms with van der Waals surface area (Å²) in [4.78, 5) is 12.7. The first-order chi connectivity index (χ1) is 7.20. The van der Waals surface area contributed by atoms with Gasteiger partial charge in [-0.25, -0.2) is 0 Å². The molecule has 0 fully saturated rings. The van der Waals surface area contributed by atoms with Crippen LogP contribution in [0.2, 0.25) is 0 Å². The molecule has 0 unspecified atom stereocenters. The Bertz CT molecular complexity index is 150. The van der Waals surface area contributed by atoms with Gasteiger partial charge < -0.3 is 5.11 Å². The molecule has 3 heteroatoms. The number of rotatable bonds is 10. The van der Waals surface area contributed by atoms with Gasteiger partial charge in [-0.3, -0.25) is 9.69 Å². The van der Waals surface area contributed by atoms with Crippen molar-refractivity contribution in [1.82, 2.24) is 4.90 Å². The zero-order chi connectivity index (χ0) is 11.5. The Balaban J connectivity index is 3.68. The summed E-state index contributed by atoms with van der Waals surface area (Å²) >= 11 is 0. The molecule has 0 aromatic carbocycles. The van der Waals surface area contributed by atoms with Crippen molar-refractivity contribution in [2.24, 2.45) is 0 Å². The molecular formula is C12H25NO2. The van der Waals surface area contributed by atoms with Gasteiger partial charge in [-0.2, -0.15) is 0 Å². The van der Waals surface area contributed by atoms with Crippen molar-refractivity contribution in [1.29, 1.82) is 0 Å². The maximum Gasteiger partial charge on any atom is 0.317 e. The highest BCUT2D eigenvalue weighted by atomic mass is 16.4. The molecule has 0 atom stereocenters. The normalized spacial score (nSPS) is 10.9. The summed E-state index contributed by atoms with van der Waals surface area (Å²) in [7, 11) is 0. The molecule has 0 aromatic heterocycles. The predicted octanol–water partition coefficient (Wildman–Crippen LogP) is 2.75. The lowest BCUT2D eigenvalue weighted by Crippen LogP contribution is -2.31. The summed E-state index contributed by atoms with van der Waals surface area (Å²) in [5.41, 5.74) is 0. The number of carboxylic acids is 1. The molecule has 0 aliphatic carbocycles. The Morgan fingerprint density at radius 3 is 1.80 bits per heavy atom. The third kappa shape index (κ3) is 9.73. The lowest BCUT2D eigenvalue weighted by atomic mass is 10.2. The maximum absolute atomic E-state index is 10.6. The SMILES string of the molecule is CCCCCN(CCCCC)CC(=O)O. The quantitative estimate of drug-likeness (QED) is 0.570. The van der Waals surface area contributed by atoms with E-state index < -0.39 is 5.97 Å². The Kier molecular flexibility index (Phi) is 9.59. The summed E-state index contributed by atoms with van der Waals surface area (Å²) < 4.78 is 0. The van der Waals surface area contributed by atoms with E-state index in [0.29, 0.717) is 0 Å². The molecule has 0 saturated carbocycles. The average molecular weight is 215 g/mol. The first-order valence-electron chi connectivity index (χ1n) is 6.14. The second-order valence-electron chi connectivity index (χ2n) is 4.08. The summed E-state index contributed by atoms with van der Waals surface area (Å²) in [6.07, 6.45) is 7.02. The molecule has 15 heavy (non-hydrogen) atoms. The minimum atomic E-state index is -0.706. The van der Waals surface area contributed by atoms with E-state index in [-0.39, 0.29) is 6.54 Å². The molecule has 0 saturated heterocycles. The first-order valence-corrected chi connectivity index (χ1v) is 6.14. The molecule has 0 spiro atoms. The van der Waals surface area contributed by atoms with Gasteiger partial charge in [0, 0.05) is 0 Å². The molecule has 90 valence electrons. The molecule has 0 bridgehead atoms. The lowest BCUT2D eigenvalue weighted by molar-refractivity contribution is -0.138. The van der Waals surface area contributed by atoms with E-state index in [1.807, 2.05) is 0 Å². The Morgan fingerprint density at radius 1 is 1.00 bits per heavy atom. The summed E-state index contributed by atoms with van der Waals surface area (Å²) in [6.45, 7) is 6.40. The van der Waals surface area contributed by atoms with Crippen LogP contribution in [-0.4, -0.2) is 35.6 Å². The molecule has 0 rings (SSSR count). The van der Waals surface area contributed by atoms with Gasteiger partial charge in [0.15, 0.2) is 0 Å². The number of nitrogens with zero attached hydrogens (tertiary/aromatic N) is 1. The highest BCUT2D eigenvalue weighted by Gasteiger charge is 2.08. The van der Waals surface area contributed by atoms with Crippen LogP contribution >= 0.6 is 0 Å². The van der Waals surface area contributed by atoms with E-state index >= 15 is 0 Å². The molecule has 1 N–H and O–H groups in total. The standard InChI is InChI=1S/C12H25NO2/c1-3-5-7-9-13(11-12(14)15)10-8-6-4-2/h3-11H2,1-2H3,(H,14,15). The third-order valence-electron chi connectivity index (χ3n) is 2.51. The van der Waals surface area contributed by atoms with Crippen LogP contribution in [-0.2, 0) is 4.79 Å². The number of carbonyl (C=O) groups is 1. The number of carboxylic acid groups (broad SMARTS) is 1. The van der Waals surface area contributed by atoms with Crippen LogP contribution in [0.25, 0.3) is 0 Å². The van der Waals surface area contributed by atoms with Crippen molar-refractivity contribution in [3.63, 3.8) is 0 Å². The molecule has 0 heterocycles. The fourth-order valence-corrected chi connectivity index (χ4v) is 1.63. The molecule has 0 aromatic rings. The fourth-order valence-electron chi connectivity index (χ4n) is 1.63. The van der Waals surface area contributed by atoms with Gasteiger partial charge in [-0.05, 0) is 25.9 Å². The van der Waals surface area contributed by atoms with Crippen molar-refractivity contribution >= 4 is 5.97 Å². The molecule has 0 aliphatic rings. The number of hydrogen-bond donors (Lipinski definition) is 1. The molecule has 0 radical (unpaired) electrons. The number of hydrogen-bond acceptors (Lipinski definition) is 2. The monoisotopic (exact) mass is 215 g/mol. The van der Waals surface area contributed by atoms with E-state index in [1.165, 1.54) is 25.7 Å². The molecular weight excluding hydrogens is 190 g/mol. The second kappa shape index (κ2) is 9.97. The first kappa shape index (κ1) is 14.4. The topological polar surface area (TPSA) is 40.5 Å². The maximum atomic E-state index is 10.6. The van der Waals surface area contributed by atoms with Gasteiger partial charge in [-0.15, -0.1) is 0 Å². The van der Waals surface area contributed by atoms with Gasteiger partial charge in [0.1, 0.15) is 0 Å². The van der Waals surface area contributed by atoms with Gasteiger partial charge in [0.25, 0.3) is 0 Å². The van der Waals surface area contributed by atoms with Crippen molar-refractivity contribution in [2.75, 3.05) is 19.6 Å². The molecule has 0 aliphatic heterocycles. The minimum absolute atomic E-state index is 0.202. The smallest absolute Gasteiger partial charge is 0.317 e. The molecule has 0 amide bonds. The van der Waals surface area contributed by atoms with Crippen molar-refractivity contribution in [2.45, 2.75) is 52.4 Å². The van der Waals surface area contributed by atoms with Crippen LogP contribution in [0, 0.1) is 0 Å². The summed E-state index contributed by atoms with van der Waals surface area (Å²) in [5, 5.41) is 8.76. The van der Waals surface area contributed by atoms with Crippen molar-refractivity contribution < 1.29 is 9.90 Å². The number of aliphatic carboxylic acids is 1. The fraction of sp³-hybridized carbons (Fsp3) is 0.917. The van der Waals surface area contributed by atoms with E-state index in [0.717, 1.165) is 25.9 Å². The van der Waals surface area contributed by atoms with Crippen LogP contribution in [0.4, 0.5) is 0 Å². The highest BCUT2D eigenvalue weighted by Crippen LogP contribution is 2.02. The van der Waals surface area contributed by atoms with E-state index in [9.17, 15) is 4.79 Å². The van der Waals surface area contributed by atoms with Crippen LogP contribution in [0.3, 0.4) is 0 Å². The second-order valence-corrected chi connectivity index (χ2v) is 4.08. The van der Waals surface area contributed by atoms with Crippen LogP contribution in [0.1, 0.15) is 52.4 Å². The van der Waals surface area contributed by atoms with E-state index in [4.69, 9.17) is 5.11 Å². The largest absolute Gasteiger partial charge is 0.480 e. The lowest BCUT2D eigenvalue weighted by Gasteiger charge is -2.19. The predicted molar refractivity (Wildman–Crippen MR) is 63.1 cm³/mol. The average Bonchev–Trinajstić information content (AvgIpc) is 2.17. The van der Waals surface area contributed by atoms with Crippen LogP contribution in [0.5, 0.6) is 0 Å². The zero-order valence-corrected chi connectivity index (χ0v) is 10.2. The van der Waals surface area contributed by atoms with Gasteiger partial charge >= 0.3 is 5.97 Å². The van der Waals surface area contributed by atoms with Gasteiger partial charge in [-0.1, -0.05) is 39.5 Å². The van der Waals surface area contributed by atoms with Crippen molar-refractivity contribution in [3.05, 3.63) is 0 Å². The van der Waals surface area contributed by atoms with Crippen LogP contribution < -0.4 is 0 Å².